The predicted octanol–water partition coefficient (Wildman–Crippen LogP) is 11.4. The molecule has 0 saturated carbocycles. The first kappa shape index (κ1) is 22.7. The van der Waals surface area contributed by atoms with Crippen molar-refractivity contribution < 1.29 is 0 Å². The quantitative estimate of drug-likeness (QED) is 0.178. The molecule has 0 aliphatic carbocycles. The van der Waals surface area contributed by atoms with Crippen molar-refractivity contribution in [2.45, 2.75) is 0 Å². The molecule has 0 N–H and O–H groups in total. The minimum atomic E-state index is 1.18. The number of aromatic nitrogens is 2. The largest absolute Gasteiger partial charge is 0.309 e. The minimum absolute atomic E-state index is 1.18. The van der Waals surface area contributed by atoms with Crippen molar-refractivity contribution in [3.05, 3.63) is 146 Å². The van der Waals surface area contributed by atoms with Crippen LogP contribution in [0, 0.1) is 0 Å². The van der Waals surface area contributed by atoms with Gasteiger partial charge in [0.2, 0.25) is 0 Å². The molecule has 0 bridgehead atoms. The van der Waals surface area contributed by atoms with Crippen molar-refractivity contribution in [1.82, 2.24) is 8.97 Å². The zero-order valence-electron chi connectivity index (χ0n) is 23.8. The Balaban J connectivity index is 1.30. The van der Waals surface area contributed by atoms with Gasteiger partial charge < -0.3 is 8.97 Å². The molecule has 8 aromatic carbocycles. The molecule has 0 radical (unpaired) electrons. The topological polar surface area (TPSA) is 9.34 Å². The first-order valence-corrected chi connectivity index (χ1v) is 15.3. The van der Waals surface area contributed by atoms with E-state index in [1.54, 1.807) is 0 Å². The summed E-state index contributed by atoms with van der Waals surface area (Å²) in [4.78, 5) is 0. The van der Waals surface area contributed by atoms with E-state index in [4.69, 9.17) is 0 Å². The summed E-state index contributed by atoms with van der Waals surface area (Å²) in [5, 5.41) is 15.5. The third kappa shape index (κ3) is 2.72. The lowest BCUT2D eigenvalue weighted by Crippen LogP contribution is -1.94. The first-order chi connectivity index (χ1) is 21.8. The second-order valence-electron chi connectivity index (χ2n) is 12.2. The van der Waals surface area contributed by atoms with Gasteiger partial charge in [0, 0.05) is 43.4 Å². The molecule has 0 aliphatic heterocycles. The highest BCUT2D eigenvalue weighted by Crippen LogP contribution is 2.43. The summed E-state index contributed by atoms with van der Waals surface area (Å²) in [7, 11) is 0. The molecule has 0 amide bonds. The lowest BCUT2D eigenvalue weighted by atomic mass is 10.0. The maximum atomic E-state index is 2.51. The summed E-state index contributed by atoms with van der Waals surface area (Å²) < 4.78 is 4.97. The van der Waals surface area contributed by atoms with Gasteiger partial charge in [-0.05, 0) is 63.3 Å². The van der Waals surface area contributed by atoms with Crippen molar-refractivity contribution in [2.75, 3.05) is 0 Å². The molecule has 0 unspecified atom stereocenters. The van der Waals surface area contributed by atoms with Crippen LogP contribution in [0.2, 0.25) is 0 Å². The van der Waals surface area contributed by atoms with Crippen LogP contribution >= 0.6 is 0 Å². The maximum Gasteiger partial charge on any atom is 0.0620 e. The molecule has 0 spiro atoms. The molecule has 3 heterocycles. The fourth-order valence-electron chi connectivity index (χ4n) is 8.12. The van der Waals surface area contributed by atoms with Gasteiger partial charge in [0.05, 0.1) is 27.6 Å². The number of para-hydroxylation sites is 3. The Hall–Kier alpha value is -5.86. The molecule has 11 aromatic rings. The maximum absolute atomic E-state index is 2.51. The standard InChI is InChI=1S/C42H24N2/c1-2-9-29-25(8-1)16-17-26-22-28(19-21-30(26)29)43-38-14-5-4-11-32(38)37-23-27-18-20-35-34-13-7-12-33-31-10-3-6-15-39(31)44(41(33)34)42(35)36(27)24-40(37)43/h1-24H. The molecule has 202 valence electrons. The number of fused-ring (bicyclic) bond motifs is 14. The lowest BCUT2D eigenvalue weighted by Gasteiger charge is -2.11. The van der Waals surface area contributed by atoms with Gasteiger partial charge in [-0.3, -0.25) is 0 Å². The number of rotatable bonds is 1. The van der Waals surface area contributed by atoms with Crippen LogP contribution in [-0.4, -0.2) is 8.97 Å². The number of benzene rings is 8. The van der Waals surface area contributed by atoms with E-state index in [1.807, 2.05) is 0 Å². The summed E-state index contributed by atoms with van der Waals surface area (Å²) in [6.07, 6.45) is 0. The smallest absolute Gasteiger partial charge is 0.0620 e. The summed E-state index contributed by atoms with van der Waals surface area (Å²) >= 11 is 0. The molecule has 0 atom stereocenters. The highest BCUT2D eigenvalue weighted by Gasteiger charge is 2.20. The van der Waals surface area contributed by atoms with Gasteiger partial charge in [-0.2, -0.15) is 0 Å². The van der Waals surface area contributed by atoms with Crippen molar-refractivity contribution in [3.63, 3.8) is 0 Å². The zero-order valence-corrected chi connectivity index (χ0v) is 23.8. The van der Waals surface area contributed by atoms with Crippen LogP contribution < -0.4 is 0 Å². The molecule has 3 aromatic heterocycles. The first-order valence-electron chi connectivity index (χ1n) is 15.3. The van der Waals surface area contributed by atoms with Gasteiger partial charge in [0.1, 0.15) is 0 Å². The van der Waals surface area contributed by atoms with E-state index in [9.17, 15) is 0 Å². The highest BCUT2D eigenvalue weighted by molar-refractivity contribution is 6.28. The van der Waals surface area contributed by atoms with E-state index in [1.165, 1.54) is 97.9 Å². The fraction of sp³-hybridized carbons (Fsp3) is 0. The van der Waals surface area contributed by atoms with Gasteiger partial charge >= 0.3 is 0 Å². The van der Waals surface area contributed by atoms with Crippen LogP contribution in [0.25, 0.3) is 97.9 Å². The molecule has 44 heavy (non-hydrogen) atoms. The number of nitrogens with zero attached hydrogens (tertiary/aromatic N) is 2. The summed E-state index contributed by atoms with van der Waals surface area (Å²) in [6, 6.07) is 54.0. The van der Waals surface area contributed by atoms with Crippen molar-refractivity contribution in [3.8, 4) is 5.69 Å². The average Bonchev–Trinajstić information content (AvgIpc) is 3.72. The molecule has 2 nitrogen and oxygen atoms in total. The monoisotopic (exact) mass is 556 g/mol. The summed E-state index contributed by atoms with van der Waals surface area (Å²) in [5.74, 6) is 0. The molecule has 11 rings (SSSR count). The van der Waals surface area contributed by atoms with Crippen molar-refractivity contribution in [2.24, 2.45) is 0 Å². The number of hydrogen-bond donors (Lipinski definition) is 0. The minimum Gasteiger partial charge on any atom is -0.309 e. The van der Waals surface area contributed by atoms with Gasteiger partial charge in [-0.15, -0.1) is 0 Å². The van der Waals surface area contributed by atoms with E-state index in [0.717, 1.165) is 0 Å². The average molecular weight is 557 g/mol. The Morgan fingerprint density at radius 3 is 1.75 bits per heavy atom. The van der Waals surface area contributed by atoms with E-state index in [-0.39, 0.29) is 0 Å². The second kappa shape index (κ2) is 7.94. The number of hydrogen-bond acceptors (Lipinski definition) is 0. The van der Waals surface area contributed by atoms with E-state index in [0.29, 0.717) is 0 Å². The normalized spacial score (nSPS) is 12.5. The molecule has 0 saturated heterocycles. The van der Waals surface area contributed by atoms with E-state index in [2.05, 4.69) is 155 Å². The lowest BCUT2D eigenvalue weighted by molar-refractivity contribution is 1.19. The molecule has 0 aliphatic rings. The van der Waals surface area contributed by atoms with Gasteiger partial charge in [-0.1, -0.05) is 109 Å². The van der Waals surface area contributed by atoms with Gasteiger partial charge in [-0.25, -0.2) is 0 Å². The van der Waals surface area contributed by atoms with Crippen molar-refractivity contribution >= 4 is 92.2 Å². The molecule has 0 fully saturated rings. The summed E-state index contributed by atoms with van der Waals surface area (Å²) in [5.41, 5.74) is 7.52. The Kier molecular flexibility index (Phi) is 4.10. The van der Waals surface area contributed by atoms with Crippen LogP contribution in [-0.2, 0) is 0 Å². The van der Waals surface area contributed by atoms with Crippen LogP contribution in [0.1, 0.15) is 0 Å². The highest BCUT2D eigenvalue weighted by atomic mass is 15.0. The predicted molar refractivity (Wildman–Crippen MR) is 188 cm³/mol. The fourth-order valence-corrected chi connectivity index (χ4v) is 8.12. The Morgan fingerprint density at radius 1 is 0.295 bits per heavy atom. The van der Waals surface area contributed by atoms with Crippen LogP contribution in [0.5, 0.6) is 0 Å². The van der Waals surface area contributed by atoms with E-state index < -0.39 is 0 Å². The van der Waals surface area contributed by atoms with Crippen molar-refractivity contribution in [1.29, 1.82) is 0 Å². The Morgan fingerprint density at radius 2 is 0.864 bits per heavy atom. The van der Waals surface area contributed by atoms with Crippen LogP contribution in [0.3, 0.4) is 0 Å². The SMILES string of the molecule is c1ccc2c(c1)ccc1cc(-n3c4ccccc4c4cc5ccc6c7cccc8c9ccccc9n(c6c5cc43)c87)ccc12. The molecular weight excluding hydrogens is 532 g/mol. The van der Waals surface area contributed by atoms with Gasteiger partial charge in [0.15, 0.2) is 0 Å². The molecular formula is C42H24N2. The van der Waals surface area contributed by atoms with Crippen LogP contribution in [0.15, 0.2) is 146 Å². The zero-order chi connectivity index (χ0) is 28.5. The Labute approximate surface area is 251 Å². The summed E-state index contributed by atoms with van der Waals surface area (Å²) in [6.45, 7) is 0. The second-order valence-corrected chi connectivity index (χ2v) is 12.2. The third-order valence-corrected chi connectivity index (χ3v) is 9.98. The van der Waals surface area contributed by atoms with Gasteiger partial charge in [0.25, 0.3) is 0 Å². The third-order valence-electron chi connectivity index (χ3n) is 9.98. The Bertz CT molecular complexity index is 2990. The molecule has 2 heteroatoms. The van der Waals surface area contributed by atoms with E-state index >= 15 is 0 Å². The van der Waals surface area contributed by atoms with Crippen LogP contribution in [0.4, 0.5) is 0 Å².